The first-order valence-corrected chi connectivity index (χ1v) is 7.90. The topological polar surface area (TPSA) is 32.3 Å². The SMILES string of the molecule is CC(Br)CC1CCCCN1c1ccnc(N(C)C)n1. The van der Waals surface area contributed by atoms with E-state index in [1.807, 2.05) is 31.3 Å². The molecule has 0 amide bonds. The molecule has 0 aliphatic carbocycles. The van der Waals surface area contributed by atoms with Crippen molar-refractivity contribution in [1.82, 2.24) is 9.97 Å². The van der Waals surface area contributed by atoms with Gasteiger partial charge in [-0.05, 0) is 31.7 Å². The highest BCUT2D eigenvalue weighted by Gasteiger charge is 2.25. The van der Waals surface area contributed by atoms with Crippen LogP contribution in [0.4, 0.5) is 11.8 Å². The van der Waals surface area contributed by atoms with E-state index >= 15 is 0 Å². The van der Waals surface area contributed by atoms with Gasteiger partial charge in [0.25, 0.3) is 0 Å². The largest absolute Gasteiger partial charge is 0.353 e. The average molecular weight is 327 g/mol. The normalized spacial score (nSPS) is 21.3. The highest BCUT2D eigenvalue weighted by Crippen LogP contribution is 2.27. The molecular formula is C14H23BrN4. The van der Waals surface area contributed by atoms with Crippen LogP contribution in [0.5, 0.6) is 0 Å². The van der Waals surface area contributed by atoms with Crippen LogP contribution in [0.2, 0.25) is 0 Å². The van der Waals surface area contributed by atoms with E-state index in [1.54, 1.807) is 0 Å². The van der Waals surface area contributed by atoms with E-state index in [0.717, 1.165) is 18.3 Å². The molecule has 1 saturated heterocycles. The van der Waals surface area contributed by atoms with Gasteiger partial charge in [-0.3, -0.25) is 0 Å². The first-order valence-electron chi connectivity index (χ1n) is 6.99. The summed E-state index contributed by atoms with van der Waals surface area (Å²) in [6.07, 6.45) is 6.88. The Morgan fingerprint density at radius 1 is 1.47 bits per heavy atom. The van der Waals surface area contributed by atoms with Gasteiger partial charge in [-0.15, -0.1) is 0 Å². The lowest BCUT2D eigenvalue weighted by molar-refractivity contribution is 0.436. The van der Waals surface area contributed by atoms with Gasteiger partial charge in [-0.1, -0.05) is 22.9 Å². The van der Waals surface area contributed by atoms with Gasteiger partial charge in [0.15, 0.2) is 0 Å². The Hall–Kier alpha value is -0.840. The molecule has 0 radical (unpaired) electrons. The Labute approximate surface area is 124 Å². The van der Waals surface area contributed by atoms with Crippen LogP contribution in [0.1, 0.15) is 32.6 Å². The highest BCUT2D eigenvalue weighted by molar-refractivity contribution is 9.09. The number of piperidine rings is 1. The predicted octanol–water partition coefficient (Wildman–Crippen LogP) is 3.08. The van der Waals surface area contributed by atoms with E-state index in [1.165, 1.54) is 25.7 Å². The van der Waals surface area contributed by atoms with Crippen LogP contribution >= 0.6 is 15.9 Å². The quantitative estimate of drug-likeness (QED) is 0.796. The van der Waals surface area contributed by atoms with E-state index in [9.17, 15) is 0 Å². The second-order valence-corrected chi connectivity index (χ2v) is 7.03. The monoisotopic (exact) mass is 326 g/mol. The molecule has 2 heterocycles. The first kappa shape index (κ1) is 14.6. The van der Waals surface area contributed by atoms with Crippen molar-refractivity contribution in [2.75, 3.05) is 30.4 Å². The maximum absolute atomic E-state index is 4.68. The zero-order chi connectivity index (χ0) is 13.8. The van der Waals surface area contributed by atoms with E-state index in [2.05, 4.69) is 37.7 Å². The third-order valence-corrected chi connectivity index (χ3v) is 3.92. The molecule has 5 heteroatoms. The summed E-state index contributed by atoms with van der Waals surface area (Å²) in [5, 5.41) is 0. The van der Waals surface area contributed by atoms with Gasteiger partial charge in [0, 0.05) is 37.7 Å². The van der Waals surface area contributed by atoms with Gasteiger partial charge in [0.2, 0.25) is 5.95 Å². The van der Waals surface area contributed by atoms with Crippen LogP contribution in [0.25, 0.3) is 0 Å². The molecule has 2 rings (SSSR count). The fourth-order valence-electron chi connectivity index (χ4n) is 2.64. The summed E-state index contributed by atoms with van der Waals surface area (Å²) in [5.41, 5.74) is 0. The van der Waals surface area contributed by atoms with Crippen molar-refractivity contribution < 1.29 is 0 Å². The molecule has 0 N–H and O–H groups in total. The lowest BCUT2D eigenvalue weighted by atomic mass is 9.98. The number of aromatic nitrogens is 2. The number of rotatable bonds is 4. The zero-order valence-corrected chi connectivity index (χ0v) is 13.6. The predicted molar refractivity (Wildman–Crippen MR) is 84.4 cm³/mol. The smallest absolute Gasteiger partial charge is 0.226 e. The number of hydrogen-bond acceptors (Lipinski definition) is 4. The molecule has 0 saturated carbocycles. The number of hydrogen-bond donors (Lipinski definition) is 0. The second-order valence-electron chi connectivity index (χ2n) is 5.47. The third-order valence-electron chi connectivity index (χ3n) is 3.55. The van der Waals surface area contributed by atoms with Crippen molar-refractivity contribution in [2.24, 2.45) is 0 Å². The standard InChI is InChI=1S/C14H23BrN4/c1-11(15)10-12-6-4-5-9-19(12)13-7-8-16-14(17-13)18(2)3/h7-8,11-12H,4-6,9-10H2,1-3H3. The van der Waals surface area contributed by atoms with Crippen LogP contribution in [-0.4, -0.2) is 41.5 Å². The molecule has 0 spiro atoms. The maximum atomic E-state index is 4.68. The Morgan fingerprint density at radius 3 is 2.95 bits per heavy atom. The molecule has 1 fully saturated rings. The summed E-state index contributed by atoms with van der Waals surface area (Å²) >= 11 is 3.68. The molecule has 2 unspecified atom stereocenters. The summed E-state index contributed by atoms with van der Waals surface area (Å²) in [6.45, 7) is 3.33. The average Bonchev–Trinajstić information content (AvgIpc) is 2.39. The van der Waals surface area contributed by atoms with Crippen LogP contribution in [0.3, 0.4) is 0 Å². The molecule has 19 heavy (non-hydrogen) atoms. The Bertz CT molecular complexity index is 408. The van der Waals surface area contributed by atoms with Gasteiger partial charge in [0.05, 0.1) is 0 Å². The van der Waals surface area contributed by atoms with E-state index in [0.29, 0.717) is 10.9 Å². The van der Waals surface area contributed by atoms with Crippen LogP contribution in [0.15, 0.2) is 12.3 Å². The molecule has 4 nitrogen and oxygen atoms in total. The van der Waals surface area contributed by atoms with Crippen LogP contribution in [0, 0.1) is 0 Å². The Balaban J connectivity index is 2.19. The molecule has 1 aromatic heterocycles. The lowest BCUT2D eigenvalue weighted by Crippen LogP contribution is -2.41. The minimum Gasteiger partial charge on any atom is -0.353 e. The molecule has 1 aromatic rings. The number of anilines is 2. The summed E-state index contributed by atoms with van der Waals surface area (Å²) < 4.78 is 0. The second kappa shape index (κ2) is 6.55. The molecule has 1 aliphatic rings. The molecule has 0 bridgehead atoms. The highest BCUT2D eigenvalue weighted by atomic mass is 79.9. The minimum absolute atomic E-state index is 0.549. The fourth-order valence-corrected chi connectivity index (χ4v) is 3.07. The van der Waals surface area contributed by atoms with Crippen molar-refractivity contribution in [3.63, 3.8) is 0 Å². The lowest BCUT2D eigenvalue weighted by Gasteiger charge is -2.37. The fraction of sp³-hybridized carbons (Fsp3) is 0.714. The van der Waals surface area contributed by atoms with Gasteiger partial charge in [0.1, 0.15) is 5.82 Å². The number of halogens is 1. The van der Waals surface area contributed by atoms with Crippen molar-refractivity contribution in [3.8, 4) is 0 Å². The third kappa shape index (κ3) is 3.81. The Kier molecular flexibility index (Phi) is 5.02. The molecule has 2 atom stereocenters. The summed E-state index contributed by atoms with van der Waals surface area (Å²) in [6, 6.07) is 2.62. The summed E-state index contributed by atoms with van der Waals surface area (Å²) in [4.78, 5) is 13.9. The number of alkyl halides is 1. The van der Waals surface area contributed by atoms with Crippen molar-refractivity contribution in [3.05, 3.63) is 12.3 Å². The number of nitrogens with zero attached hydrogens (tertiary/aromatic N) is 4. The van der Waals surface area contributed by atoms with Crippen molar-refractivity contribution >= 4 is 27.7 Å². The van der Waals surface area contributed by atoms with Gasteiger partial charge < -0.3 is 9.80 Å². The van der Waals surface area contributed by atoms with E-state index in [4.69, 9.17) is 0 Å². The van der Waals surface area contributed by atoms with E-state index in [-0.39, 0.29) is 0 Å². The Morgan fingerprint density at radius 2 is 2.26 bits per heavy atom. The first-order chi connectivity index (χ1) is 9.08. The molecule has 0 aromatic carbocycles. The van der Waals surface area contributed by atoms with Gasteiger partial charge >= 0.3 is 0 Å². The van der Waals surface area contributed by atoms with Crippen molar-refractivity contribution in [2.45, 2.75) is 43.5 Å². The minimum atomic E-state index is 0.549. The van der Waals surface area contributed by atoms with Crippen LogP contribution in [-0.2, 0) is 0 Å². The summed E-state index contributed by atoms with van der Waals surface area (Å²) in [7, 11) is 3.96. The molecular weight excluding hydrogens is 304 g/mol. The van der Waals surface area contributed by atoms with Crippen molar-refractivity contribution in [1.29, 1.82) is 0 Å². The summed E-state index contributed by atoms with van der Waals surface area (Å²) in [5.74, 6) is 1.85. The maximum Gasteiger partial charge on any atom is 0.226 e. The van der Waals surface area contributed by atoms with E-state index < -0.39 is 0 Å². The molecule has 1 aliphatic heterocycles. The van der Waals surface area contributed by atoms with Crippen LogP contribution < -0.4 is 9.80 Å². The van der Waals surface area contributed by atoms with Gasteiger partial charge in [-0.25, -0.2) is 4.98 Å². The van der Waals surface area contributed by atoms with Gasteiger partial charge in [-0.2, -0.15) is 4.98 Å². The molecule has 106 valence electrons. The zero-order valence-electron chi connectivity index (χ0n) is 12.0.